The van der Waals surface area contributed by atoms with Gasteiger partial charge in [-0.1, -0.05) is 34.3 Å². The summed E-state index contributed by atoms with van der Waals surface area (Å²) in [7, 11) is 0. The van der Waals surface area contributed by atoms with Gasteiger partial charge in [-0.2, -0.15) is 0 Å². The molecule has 0 amide bonds. The highest BCUT2D eigenvalue weighted by Crippen LogP contribution is 2.30. The third-order valence-corrected chi connectivity index (χ3v) is 4.87. The average Bonchev–Trinajstić information content (AvgIpc) is 3.10. The second kappa shape index (κ2) is 7.33. The Hall–Kier alpha value is -0.990. The molecule has 2 aliphatic rings. The van der Waals surface area contributed by atoms with E-state index in [1.165, 1.54) is 31.5 Å². The maximum atomic E-state index is 5.36. The van der Waals surface area contributed by atoms with E-state index in [0.29, 0.717) is 5.54 Å². The summed E-state index contributed by atoms with van der Waals surface area (Å²) in [6.07, 6.45) is 4.78. The zero-order chi connectivity index (χ0) is 16.1. The molecule has 0 aromatic heterocycles. The average molecular weight is 294 g/mol. The van der Waals surface area contributed by atoms with Gasteiger partial charge in [0.2, 0.25) is 0 Å². The molecule has 0 aliphatic carbocycles. The molecule has 0 unspecified atom stereocenters. The Morgan fingerprint density at radius 1 is 1.19 bits per heavy atom. The molecule has 0 bridgehead atoms. The zero-order valence-electron chi connectivity index (χ0n) is 15.0. The van der Waals surface area contributed by atoms with Gasteiger partial charge in [0.25, 0.3) is 0 Å². The van der Waals surface area contributed by atoms with Crippen LogP contribution in [0.2, 0.25) is 0 Å². The van der Waals surface area contributed by atoms with Crippen LogP contribution in [0.4, 0.5) is 0 Å². The van der Waals surface area contributed by atoms with Gasteiger partial charge in [0.1, 0.15) is 6.61 Å². The molecule has 21 heavy (non-hydrogen) atoms. The van der Waals surface area contributed by atoms with Crippen molar-refractivity contribution in [2.75, 3.05) is 19.7 Å². The van der Waals surface area contributed by atoms with E-state index in [1.807, 2.05) is 0 Å². The third kappa shape index (κ3) is 4.76. The number of likely N-dealkylation sites (tertiary alicyclic amines) is 1. The van der Waals surface area contributed by atoms with Gasteiger partial charge >= 0.3 is 0 Å². The first kappa shape index (κ1) is 18.1. The standard InChI is InChI=1S/C10H19N.C8H15NO/c1-5-10(3,4)11-8-6-7-9(11)2;1-4-8(2,3)7-9-5-6-10-7/h2,5-8H2,1,3-4H3;4-6H2,1-3H3. The number of ether oxygens (including phenoxy) is 1. The molecule has 3 nitrogen and oxygen atoms in total. The fraction of sp³-hybridized carbons (Fsp3) is 0.833. The number of rotatable bonds is 4. The lowest BCUT2D eigenvalue weighted by Gasteiger charge is -2.37. The lowest BCUT2D eigenvalue weighted by Crippen LogP contribution is -2.39. The van der Waals surface area contributed by atoms with Gasteiger partial charge in [0.05, 0.1) is 6.54 Å². The molecule has 0 radical (unpaired) electrons. The van der Waals surface area contributed by atoms with Crippen molar-refractivity contribution in [1.82, 2.24) is 4.90 Å². The predicted octanol–water partition coefficient (Wildman–Crippen LogP) is 4.64. The van der Waals surface area contributed by atoms with Gasteiger partial charge in [-0.15, -0.1) is 0 Å². The summed E-state index contributed by atoms with van der Waals surface area (Å²) in [5.41, 5.74) is 1.81. The monoisotopic (exact) mass is 294 g/mol. The number of hydrogen-bond donors (Lipinski definition) is 0. The van der Waals surface area contributed by atoms with E-state index in [-0.39, 0.29) is 5.41 Å². The fourth-order valence-corrected chi connectivity index (χ4v) is 2.55. The quantitative estimate of drug-likeness (QED) is 0.755. The molecule has 0 saturated carbocycles. The first-order valence-electron chi connectivity index (χ1n) is 8.37. The van der Waals surface area contributed by atoms with Gasteiger partial charge in [0, 0.05) is 23.2 Å². The maximum absolute atomic E-state index is 5.36. The van der Waals surface area contributed by atoms with Crippen LogP contribution in [0, 0.1) is 5.41 Å². The first-order valence-corrected chi connectivity index (χ1v) is 8.37. The van der Waals surface area contributed by atoms with Crippen molar-refractivity contribution in [3.8, 4) is 0 Å². The lowest BCUT2D eigenvalue weighted by molar-refractivity contribution is 0.185. The van der Waals surface area contributed by atoms with Crippen molar-refractivity contribution >= 4 is 5.90 Å². The van der Waals surface area contributed by atoms with Crippen molar-refractivity contribution < 1.29 is 4.74 Å². The van der Waals surface area contributed by atoms with Crippen molar-refractivity contribution in [3.05, 3.63) is 12.3 Å². The van der Waals surface area contributed by atoms with Gasteiger partial charge in [-0.3, -0.25) is 4.99 Å². The van der Waals surface area contributed by atoms with Crippen LogP contribution >= 0.6 is 0 Å². The van der Waals surface area contributed by atoms with Gasteiger partial charge in [-0.05, 0) is 39.5 Å². The Balaban J connectivity index is 0.000000211. The summed E-state index contributed by atoms with van der Waals surface area (Å²) in [6.45, 7) is 20.2. The van der Waals surface area contributed by atoms with Crippen LogP contribution in [0.15, 0.2) is 17.3 Å². The van der Waals surface area contributed by atoms with Crippen LogP contribution in [0.25, 0.3) is 0 Å². The van der Waals surface area contributed by atoms with Crippen LogP contribution in [0.3, 0.4) is 0 Å². The highest BCUT2D eigenvalue weighted by atomic mass is 16.5. The van der Waals surface area contributed by atoms with E-state index >= 15 is 0 Å². The Bertz CT molecular complexity index is 383. The van der Waals surface area contributed by atoms with E-state index in [9.17, 15) is 0 Å². The Labute approximate surface area is 131 Å². The molecule has 0 aromatic carbocycles. The molecule has 0 spiro atoms. The van der Waals surface area contributed by atoms with Crippen LogP contribution < -0.4 is 0 Å². The summed E-state index contributed by atoms with van der Waals surface area (Å²) < 4.78 is 5.36. The van der Waals surface area contributed by atoms with Crippen LogP contribution in [0.1, 0.15) is 67.2 Å². The predicted molar refractivity (Wildman–Crippen MR) is 91.8 cm³/mol. The van der Waals surface area contributed by atoms with E-state index in [4.69, 9.17) is 4.74 Å². The van der Waals surface area contributed by atoms with Crippen LogP contribution in [-0.2, 0) is 4.74 Å². The molecule has 2 rings (SSSR count). The van der Waals surface area contributed by atoms with Crippen molar-refractivity contribution in [1.29, 1.82) is 0 Å². The van der Waals surface area contributed by atoms with Crippen molar-refractivity contribution in [2.24, 2.45) is 10.4 Å². The second-order valence-corrected chi connectivity index (χ2v) is 7.26. The summed E-state index contributed by atoms with van der Waals surface area (Å²) in [5, 5.41) is 0. The molecular formula is C18H34N2O. The van der Waals surface area contributed by atoms with Gasteiger partial charge in [0.15, 0.2) is 5.90 Å². The normalized spacial score (nSPS) is 19.0. The Morgan fingerprint density at radius 2 is 1.86 bits per heavy atom. The summed E-state index contributed by atoms with van der Waals surface area (Å²) in [5.74, 6) is 0.940. The van der Waals surface area contributed by atoms with E-state index in [0.717, 1.165) is 25.5 Å². The largest absolute Gasteiger partial charge is 0.479 e. The molecule has 0 N–H and O–H groups in total. The van der Waals surface area contributed by atoms with Gasteiger partial charge < -0.3 is 9.64 Å². The number of aliphatic imine (C=N–C) groups is 1. The molecular weight excluding hydrogens is 260 g/mol. The lowest BCUT2D eigenvalue weighted by atomic mass is 9.90. The third-order valence-electron chi connectivity index (χ3n) is 4.87. The smallest absolute Gasteiger partial charge is 0.189 e. The zero-order valence-corrected chi connectivity index (χ0v) is 15.0. The molecule has 1 fully saturated rings. The Morgan fingerprint density at radius 3 is 2.24 bits per heavy atom. The minimum Gasteiger partial charge on any atom is -0.479 e. The topological polar surface area (TPSA) is 24.8 Å². The highest BCUT2D eigenvalue weighted by molar-refractivity contribution is 5.82. The maximum Gasteiger partial charge on any atom is 0.189 e. The van der Waals surface area contributed by atoms with Crippen molar-refractivity contribution in [3.63, 3.8) is 0 Å². The summed E-state index contributed by atoms with van der Waals surface area (Å²) in [4.78, 5) is 6.72. The number of nitrogens with zero attached hydrogens (tertiary/aromatic N) is 2. The molecule has 0 atom stereocenters. The molecule has 2 aliphatic heterocycles. The van der Waals surface area contributed by atoms with E-state index in [1.54, 1.807) is 0 Å². The highest BCUT2D eigenvalue weighted by Gasteiger charge is 2.28. The van der Waals surface area contributed by atoms with E-state index < -0.39 is 0 Å². The van der Waals surface area contributed by atoms with Crippen molar-refractivity contribution in [2.45, 2.75) is 72.8 Å². The molecule has 2 heterocycles. The fourth-order valence-electron chi connectivity index (χ4n) is 2.55. The molecule has 3 heteroatoms. The Kier molecular flexibility index (Phi) is 6.30. The first-order chi connectivity index (χ1) is 9.74. The number of allylic oxidation sites excluding steroid dienone is 1. The number of hydrogen-bond acceptors (Lipinski definition) is 3. The molecule has 0 aromatic rings. The SMILES string of the molecule is C=C1CCCN1C(C)(C)CC.CCC(C)(C)C1=NCCO1. The van der Waals surface area contributed by atoms with Crippen LogP contribution in [-0.4, -0.2) is 36.0 Å². The van der Waals surface area contributed by atoms with E-state index in [2.05, 4.69) is 58.0 Å². The summed E-state index contributed by atoms with van der Waals surface area (Å²) in [6, 6.07) is 0. The molecule has 1 saturated heterocycles. The second-order valence-electron chi connectivity index (χ2n) is 7.26. The minimum absolute atomic E-state index is 0.149. The minimum atomic E-state index is 0.149. The van der Waals surface area contributed by atoms with Gasteiger partial charge in [-0.25, -0.2) is 0 Å². The molecule has 122 valence electrons. The summed E-state index contributed by atoms with van der Waals surface area (Å²) >= 11 is 0. The van der Waals surface area contributed by atoms with Crippen LogP contribution in [0.5, 0.6) is 0 Å².